The van der Waals surface area contributed by atoms with E-state index >= 15 is 0 Å². The van der Waals surface area contributed by atoms with E-state index in [9.17, 15) is 0 Å². The van der Waals surface area contributed by atoms with E-state index in [1.165, 1.54) is 5.03 Å². The van der Waals surface area contributed by atoms with Crippen molar-refractivity contribution in [3.05, 3.63) is 24.4 Å². The maximum Gasteiger partial charge on any atom is 0.0791 e. The Balaban J connectivity index is 2.53. The first-order valence-electron chi connectivity index (χ1n) is 2.93. The smallest absolute Gasteiger partial charge is 0.0791 e. The normalized spacial score (nSPS) is 15.6. The largest absolute Gasteiger partial charge is 0.319 e. The highest BCUT2D eigenvalue weighted by Crippen LogP contribution is 2.22. The highest BCUT2D eigenvalue weighted by molar-refractivity contribution is 7.99. The third-order valence-corrected chi connectivity index (χ3v) is 2.34. The molecule has 46 valence electrons. The lowest BCUT2D eigenvalue weighted by atomic mass is 10.6. The molecule has 0 bridgehead atoms. The molecule has 1 aromatic heterocycles. The predicted octanol–water partition coefficient (Wildman–Crippen LogP) is 2.06. The number of hydrogen-bond donors (Lipinski definition) is 0. The van der Waals surface area contributed by atoms with Gasteiger partial charge in [-0.05, 0) is 12.1 Å². The molecule has 2 heterocycles. The Hall–Kier alpha value is -0.630. The summed E-state index contributed by atoms with van der Waals surface area (Å²) in [6, 6.07) is 4.20. The molecular weight excluding hydrogens is 130 g/mol. The molecule has 0 spiro atoms. The molecule has 0 atom stereocenters. The first-order valence-corrected chi connectivity index (χ1v) is 3.92. The van der Waals surface area contributed by atoms with Crippen molar-refractivity contribution in [3.8, 4) is 0 Å². The number of aromatic nitrogens is 1. The molecule has 2 rings (SSSR count). The first kappa shape index (κ1) is 5.18. The Bertz CT molecular complexity index is 237. The zero-order chi connectivity index (χ0) is 6.10. The zero-order valence-corrected chi connectivity index (χ0v) is 5.77. The lowest BCUT2D eigenvalue weighted by Crippen LogP contribution is -1.91. The number of fused-ring (bicyclic) bond motifs is 1. The Kier molecular flexibility index (Phi) is 1.12. The molecule has 0 aliphatic carbocycles. The summed E-state index contributed by atoms with van der Waals surface area (Å²) in [4.78, 5) is 0. The molecule has 1 aromatic rings. The van der Waals surface area contributed by atoms with Gasteiger partial charge in [0, 0.05) is 18.1 Å². The average Bonchev–Trinajstić information content (AvgIpc) is 2.33. The van der Waals surface area contributed by atoms with Crippen LogP contribution < -0.4 is 0 Å². The maximum absolute atomic E-state index is 2.16. The standard InChI is InChI=1S/C7H7NS/c1-3-7-8(4-1)5-2-6-9-7/h1-5H,6H2. The van der Waals surface area contributed by atoms with Crippen LogP contribution in [0.3, 0.4) is 0 Å². The minimum Gasteiger partial charge on any atom is -0.319 e. The van der Waals surface area contributed by atoms with Gasteiger partial charge in [-0.15, -0.1) is 11.8 Å². The predicted molar refractivity (Wildman–Crippen MR) is 40.5 cm³/mol. The molecule has 0 aromatic carbocycles. The average molecular weight is 137 g/mol. The van der Waals surface area contributed by atoms with E-state index in [0.717, 1.165) is 5.75 Å². The van der Waals surface area contributed by atoms with Gasteiger partial charge in [-0.2, -0.15) is 0 Å². The highest BCUT2D eigenvalue weighted by Gasteiger charge is 2.00. The monoisotopic (exact) mass is 137 g/mol. The summed E-state index contributed by atoms with van der Waals surface area (Å²) in [6.45, 7) is 0. The summed E-state index contributed by atoms with van der Waals surface area (Å²) in [5, 5.41) is 1.34. The van der Waals surface area contributed by atoms with Crippen LogP contribution in [-0.4, -0.2) is 10.3 Å². The molecule has 1 aliphatic rings. The molecular formula is C7H7NS. The molecule has 0 saturated heterocycles. The van der Waals surface area contributed by atoms with Crippen LogP contribution in [0.15, 0.2) is 29.4 Å². The molecule has 0 fully saturated rings. The van der Waals surface area contributed by atoms with Crippen LogP contribution in [0.4, 0.5) is 0 Å². The lowest BCUT2D eigenvalue weighted by Gasteiger charge is -2.05. The summed E-state index contributed by atoms with van der Waals surface area (Å²) in [7, 11) is 0. The molecule has 0 radical (unpaired) electrons. The second-order valence-electron chi connectivity index (χ2n) is 1.95. The van der Waals surface area contributed by atoms with Gasteiger partial charge in [0.05, 0.1) is 5.03 Å². The molecule has 2 heteroatoms. The lowest BCUT2D eigenvalue weighted by molar-refractivity contribution is 1.01. The van der Waals surface area contributed by atoms with Gasteiger partial charge >= 0.3 is 0 Å². The number of thioether (sulfide) groups is 1. The van der Waals surface area contributed by atoms with Crippen LogP contribution in [-0.2, 0) is 0 Å². The van der Waals surface area contributed by atoms with Gasteiger partial charge in [0.2, 0.25) is 0 Å². The summed E-state index contributed by atoms with van der Waals surface area (Å²) < 4.78 is 2.13. The van der Waals surface area contributed by atoms with Crippen molar-refractivity contribution in [1.29, 1.82) is 0 Å². The van der Waals surface area contributed by atoms with E-state index in [-0.39, 0.29) is 0 Å². The molecule has 0 saturated carbocycles. The van der Waals surface area contributed by atoms with Gasteiger partial charge < -0.3 is 4.57 Å². The van der Waals surface area contributed by atoms with E-state index < -0.39 is 0 Å². The minimum atomic E-state index is 1.12. The van der Waals surface area contributed by atoms with E-state index in [2.05, 4.69) is 35.2 Å². The van der Waals surface area contributed by atoms with Crippen LogP contribution >= 0.6 is 11.8 Å². The van der Waals surface area contributed by atoms with Crippen LogP contribution in [0.5, 0.6) is 0 Å². The fourth-order valence-corrected chi connectivity index (χ4v) is 1.71. The van der Waals surface area contributed by atoms with Gasteiger partial charge in [0.15, 0.2) is 0 Å². The van der Waals surface area contributed by atoms with Gasteiger partial charge in [0.1, 0.15) is 0 Å². The third kappa shape index (κ3) is 0.793. The Morgan fingerprint density at radius 2 is 2.56 bits per heavy atom. The van der Waals surface area contributed by atoms with E-state index in [1.54, 1.807) is 0 Å². The minimum absolute atomic E-state index is 1.12. The van der Waals surface area contributed by atoms with E-state index in [1.807, 2.05) is 11.8 Å². The Labute approximate surface area is 58.4 Å². The summed E-state index contributed by atoms with van der Waals surface area (Å²) in [5.41, 5.74) is 0. The van der Waals surface area contributed by atoms with Crippen molar-refractivity contribution in [1.82, 2.24) is 4.57 Å². The van der Waals surface area contributed by atoms with Crippen molar-refractivity contribution in [3.63, 3.8) is 0 Å². The van der Waals surface area contributed by atoms with Crippen LogP contribution in [0.1, 0.15) is 0 Å². The molecule has 0 unspecified atom stereocenters. The maximum atomic E-state index is 2.16. The molecule has 1 nitrogen and oxygen atoms in total. The fourth-order valence-electron chi connectivity index (χ4n) is 0.913. The second-order valence-corrected chi connectivity index (χ2v) is 2.99. The van der Waals surface area contributed by atoms with Crippen molar-refractivity contribution >= 4 is 18.0 Å². The molecule has 0 N–H and O–H groups in total. The van der Waals surface area contributed by atoms with E-state index in [4.69, 9.17) is 0 Å². The highest BCUT2D eigenvalue weighted by atomic mass is 32.2. The third-order valence-electron chi connectivity index (χ3n) is 1.33. The summed E-state index contributed by atoms with van der Waals surface area (Å²) in [6.07, 6.45) is 6.33. The van der Waals surface area contributed by atoms with Gasteiger partial charge in [-0.3, -0.25) is 0 Å². The van der Waals surface area contributed by atoms with Crippen molar-refractivity contribution < 1.29 is 0 Å². The van der Waals surface area contributed by atoms with Gasteiger partial charge in [0.25, 0.3) is 0 Å². The quantitative estimate of drug-likeness (QED) is 0.530. The van der Waals surface area contributed by atoms with E-state index in [0.29, 0.717) is 0 Å². The van der Waals surface area contributed by atoms with Gasteiger partial charge in [-0.25, -0.2) is 0 Å². The first-order chi connectivity index (χ1) is 4.47. The Morgan fingerprint density at radius 3 is 3.44 bits per heavy atom. The number of hydrogen-bond acceptors (Lipinski definition) is 1. The molecule has 0 amide bonds. The zero-order valence-electron chi connectivity index (χ0n) is 4.95. The van der Waals surface area contributed by atoms with Crippen LogP contribution in [0.25, 0.3) is 6.20 Å². The summed E-state index contributed by atoms with van der Waals surface area (Å²) in [5.74, 6) is 1.12. The van der Waals surface area contributed by atoms with Gasteiger partial charge in [-0.1, -0.05) is 6.08 Å². The van der Waals surface area contributed by atoms with Crippen molar-refractivity contribution in [2.45, 2.75) is 5.03 Å². The second kappa shape index (κ2) is 1.95. The molecule has 9 heavy (non-hydrogen) atoms. The number of nitrogens with zero attached hydrogens (tertiary/aromatic N) is 1. The molecule has 1 aliphatic heterocycles. The topological polar surface area (TPSA) is 4.93 Å². The van der Waals surface area contributed by atoms with Crippen molar-refractivity contribution in [2.24, 2.45) is 0 Å². The SMILES string of the molecule is C1=Cn2cccc2SC1. The van der Waals surface area contributed by atoms with Crippen molar-refractivity contribution in [2.75, 3.05) is 5.75 Å². The summed E-state index contributed by atoms with van der Waals surface area (Å²) >= 11 is 1.87. The fraction of sp³-hybridized carbons (Fsp3) is 0.143. The van der Waals surface area contributed by atoms with Crippen LogP contribution in [0.2, 0.25) is 0 Å². The Morgan fingerprint density at radius 1 is 1.56 bits per heavy atom. The number of rotatable bonds is 0. The van der Waals surface area contributed by atoms with Crippen LogP contribution in [0, 0.1) is 0 Å².